The van der Waals surface area contributed by atoms with Crippen LogP contribution in [0.15, 0.2) is 0 Å². The molecule has 0 aromatic rings. The molecule has 0 aromatic heterocycles. The number of aliphatic carboxylic acids is 1. The number of carbonyl (C=O) groups is 3. The quantitative estimate of drug-likeness (QED) is 0.771. The Bertz CT molecular complexity index is 361. The van der Waals surface area contributed by atoms with Crippen molar-refractivity contribution < 1.29 is 24.2 Å². The van der Waals surface area contributed by atoms with Crippen LogP contribution in [0.25, 0.3) is 0 Å². The summed E-state index contributed by atoms with van der Waals surface area (Å²) in [5, 5.41) is 11.2. The van der Waals surface area contributed by atoms with Crippen molar-refractivity contribution in [3.05, 3.63) is 0 Å². The lowest BCUT2D eigenvalue weighted by molar-refractivity contribution is -0.150. The van der Waals surface area contributed by atoms with Gasteiger partial charge in [-0.1, -0.05) is 0 Å². The summed E-state index contributed by atoms with van der Waals surface area (Å²) in [4.78, 5) is 35.5. The largest absolute Gasteiger partial charge is 0.481 e. The second-order valence-electron chi connectivity index (χ2n) is 4.91. The third kappa shape index (κ3) is 4.51. The average Bonchev–Trinajstić information content (AvgIpc) is 2.32. The lowest BCUT2D eigenvalue weighted by Crippen LogP contribution is -2.47. The van der Waals surface area contributed by atoms with Gasteiger partial charge in [0.25, 0.3) is 0 Å². The number of carbonyl (C=O) groups excluding carboxylic acids is 2. The summed E-state index contributed by atoms with van der Waals surface area (Å²) >= 11 is 0. The summed E-state index contributed by atoms with van der Waals surface area (Å²) < 4.78 is 4.60. The highest BCUT2D eigenvalue weighted by atomic mass is 16.5. The Kier molecular flexibility index (Phi) is 5.29. The molecule has 1 fully saturated rings. The van der Waals surface area contributed by atoms with Gasteiger partial charge in [0, 0.05) is 0 Å². The van der Waals surface area contributed by atoms with Crippen LogP contribution >= 0.6 is 0 Å². The van der Waals surface area contributed by atoms with Gasteiger partial charge in [0.2, 0.25) is 5.91 Å². The minimum atomic E-state index is -0.803. The zero-order chi connectivity index (χ0) is 14.5. The minimum Gasteiger partial charge on any atom is -0.481 e. The van der Waals surface area contributed by atoms with Crippen LogP contribution in [0.3, 0.4) is 0 Å². The number of nitrogens with one attached hydrogen (secondary N) is 1. The molecule has 2 amide bonds. The molecule has 108 valence electrons. The van der Waals surface area contributed by atoms with Gasteiger partial charge in [-0.2, -0.15) is 0 Å². The van der Waals surface area contributed by atoms with E-state index in [2.05, 4.69) is 10.1 Å². The Morgan fingerprint density at radius 1 is 1.32 bits per heavy atom. The van der Waals surface area contributed by atoms with E-state index < -0.39 is 23.4 Å². The first kappa shape index (κ1) is 15.4. The van der Waals surface area contributed by atoms with Crippen molar-refractivity contribution in [1.82, 2.24) is 10.2 Å². The number of hydrogen-bond acceptors (Lipinski definition) is 5. The smallest absolute Gasteiger partial charge is 0.413 e. The summed E-state index contributed by atoms with van der Waals surface area (Å²) in [5.41, 5.74) is -0.714. The first-order valence-electron chi connectivity index (χ1n) is 6.30. The minimum absolute atomic E-state index is 0.0779. The van der Waals surface area contributed by atoms with E-state index in [-0.39, 0.29) is 13.2 Å². The molecule has 0 radical (unpaired) electrons. The molecule has 1 saturated heterocycles. The third-order valence-corrected chi connectivity index (χ3v) is 3.36. The molecule has 7 heteroatoms. The van der Waals surface area contributed by atoms with Crippen molar-refractivity contribution in [1.29, 1.82) is 0 Å². The summed E-state index contributed by atoms with van der Waals surface area (Å²) in [6.45, 7) is 4.71. The fraction of sp³-hybridized carbons (Fsp3) is 0.750. The van der Waals surface area contributed by atoms with E-state index in [1.54, 1.807) is 13.8 Å². The molecule has 1 aliphatic heterocycles. The predicted molar refractivity (Wildman–Crippen MR) is 66.6 cm³/mol. The molecule has 2 N–H and O–H groups in total. The highest BCUT2D eigenvalue weighted by Crippen LogP contribution is 2.30. The number of carboxylic acids is 1. The van der Waals surface area contributed by atoms with Gasteiger partial charge in [-0.15, -0.1) is 0 Å². The number of nitrogens with zero attached hydrogens (tertiary/aromatic N) is 1. The van der Waals surface area contributed by atoms with E-state index >= 15 is 0 Å². The number of rotatable bonds is 4. The molecule has 0 aliphatic carbocycles. The van der Waals surface area contributed by atoms with Crippen molar-refractivity contribution in [2.45, 2.75) is 26.7 Å². The lowest BCUT2D eigenvalue weighted by Gasteiger charge is -2.35. The zero-order valence-electron chi connectivity index (χ0n) is 11.3. The summed E-state index contributed by atoms with van der Waals surface area (Å²) in [6.07, 6.45) is 0.240. The van der Waals surface area contributed by atoms with Crippen molar-refractivity contribution in [3.8, 4) is 0 Å². The first-order chi connectivity index (χ1) is 8.87. The Morgan fingerprint density at radius 2 is 1.89 bits per heavy atom. The second kappa shape index (κ2) is 6.51. The van der Waals surface area contributed by atoms with Gasteiger partial charge < -0.3 is 9.84 Å². The summed E-state index contributed by atoms with van der Waals surface area (Å²) in [6, 6.07) is 0. The van der Waals surface area contributed by atoms with E-state index in [0.717, 1.165) is 0 Å². The molecule has 7 nitrogen and oxygen atoms in total. The molecule has 1 heterocycles. The third-order valence-electron chi connectivity index (χ3n) is 3.36. The van der Waals surface area contributed by atoms with E-state index in [1.807, 2.05) is 4.90 Å². The molecule has 0 aromatic carbocycles. The molecule has 0 saturated carbocycles. The highest BCUT2D eigenvalue weighted by Gasteiger charge is 2.37. The highest BCUT2D eigenvalue weighted by molar-refractivity contribution is 5.92. The van der Waals surface area contributed by atoms with Gasteiger partial charge in [0.15, 0.2) is 0 Å². The molecule has 0 bridgehead atoms. The lowest BCUT2D eigenvalue weighted by atomic mass is 9.80. The van der Waals surface area contributed by atoms with Crippen LogP contribution in [0.4, 0.5) is 4.79 Å². The number of ether oxygens (including phenoxy) is 1. The Hall–Kier alpha value is -1.63. The number of amides is 2. The van der Waals surface area contributed by atoms with Crippen molar-refractivity contribution in [2.75, 3.05) is 26.2 Å². The molecule has 0 unspecified atom stereocenters. The number of carboxylic acid groups (broad SMARTS) is 1. The monoisotopic (exact) mass is 272 g/mol. The van der Waals surface area contributed by atoms with Crippen LogP contribution in [0, 0.1) is 5.41 Å². The zero-order valence-corrected chi connectivity index (χ0v) is 11.3. The fourth-order valence-corrected chi connectivity index (χ4v) is 1.94. The number of imide groups is 1. The normalized spacial score (nSPS) is 18.6. The van der Waals surface area contributed by atoms with Crippen LogP contribution in [-0.4, -0.2) is 54.2 Å². The molecule has 19 heavy (non-hydrogen) atoms. The molecular weight excluding hydrogens is 252 g/mol. The molecular formula is C12H20N2O5. The Balaban J connectivity index is 2.35. The SMILES string of the molecule is CCOC(=O)NC(=O)CN1CCC(C)(C(=O)O)CC1. The van der Waals surface area contributed by atoms with Gasteiger partial charge in [0.05, 0.1) is 18.6 Å². The van der Waals surface area contributed by atoms with E-state index in [1.165, 1.54) is 0 Å². The maximum atomic E-state index is 11.5. The standard InChI is InChI=1S/C12H20N2O5/c1-3-19-11(18)13-9(15)8-14-6-4-12(2,5-7-14)10(16)17/h3-8H2,1-2H3,(H,16,17)(H,13,15,18). The Morgan fingerprint density at radius 3 is 2.37 bits per heavy atom. The number of hydrogen-bond donors (Lipinski definition) is 2. The van der Waals surface area contributed by atoms with Crippen molar-refractivity contribution in [2.24, 2.45) is 5.41 Å². The fourth-order valence-electron chi connectivity index (χ4n) is 1.94. The predicted octanol–water partition coefficient (Wildman–Crippen LogP) is 0.446. The molecule has 0 spiro atoms. The van der Waals surface area contributed by atoms with Crippen LogP contribution in [0.2, 0.25) is 0 Å². The number of likely N-dealkylation sites (tertiary alicyclic amines) is 1. The summed E-state index contributed by atoms with van der Waals surface area (Å²) in [7, 11) is 0. The van der Waals surface area contributed by atoms with E-state index in [0.29, 0.717) is 25.9 Å². The van der Waals surface area contributed by atoms with Crippen LogP contribution in [-0.2, 0) is 14.3 Å². The molecule has 0 atom stereocenters. The van der Waals surface area contributed by atoms with E-state index in [4.69, 9.17) is 5.11 Å². The van der Waals surface area contributed by atoms with Crippen LogP contribution < -0.4 is 5.32 Å². The van der Waals surface area contributed by atoms with E-state index in [9.17, 15) is 14.4 Å². The second-order valence-corrected chi connectivity index (χ2v) is 4.91. The van der Waals surface area contributed by atoms with Gasteiger partial charge in [0.1, 0.15) is 0 Å². The first-order valence-corrected chi connectivity index (χ1v) is 6.30. The van der Waals surface area contributed by atoms with Crippen LogP contribution in [0.1, 0.15) is 26.7 Å². The maximum Gasteiger partial charge on any atom is 0.413 e. The van der Waals surface area contributed by atoms with Gasteiger partial charge in [-0.25, -0.2) is 4.79 Å². The van der Waals surface area contributed by atoms with Crippen molar-refractivity contribution in [3.63, 3.8) is 0 Å². The van der Waals surface area contributed by atoms with Crippen molar-refractivity contribution >= 4 is 18.0 Å². The van der Waals surface area contributed by atoms with Crippen LogP contribution in [0.5, 0.6) is 0 Å². The molecule has 1 rings (SSSR count). The number of alkyl carbamates (subject to hydrolysis) is 1. The Labute approximate surface area is 111 Å². The average molecular weight is 272 g/mol. The van der Waals surface area contributed by atoms with Gasteiger partial charge >= 0.3 is 12.1 Å². The van der Waals surface area contributed by atoms with Gasteiger partial charge in [-0.05, 0) is 39.8 Å². The maximum absolute atomic E-state index is 11.5. The topological polar surface area (TPSA) is 95.9 Å². The van der Waals surface area contributed by atoms with Gasteiger partial charge in [-0.3, -0.25) is 19.8 Å². The summed E-state index contributed by atoms with van der Waals surface area (Å²) in [5.74, 6) is -1.24. The molecule has 1 aliphatic rings. The number of piperidine rings is 1.